The van der Waals surface area contributed by atoms with E-state index in [0.29, 0.717) is 5.69 Å². The lowest BCUT2D eigenvalue weighted by molar-refractivity contribution is 0.620. The van der Waals surface area contributed by atoms with Gasteiger partial charge in [-0.05, 0) is 6.07 Å². The Morgan fingerprint density at radius 1 is 1.55 bits per heavy atom. The summed E-state index contributed by atoms with van der Waals surface area (Å²) in [7, 11) is 0. The molecule has 0 N–H and O–H groups in total. The first-order chi connectivity index (χ1) is 4.74. The highest BCUT2D eigenvalue weighted by Gasteiger charge is 2.00. The summed E-state index contributed by atoms with van der Waals surface area (Å²) in [5, 5.41) is 0.273. The molecule has 0 radical (unpaired) electrons. The Bertz CT molecular complexity index is 241. The van der Waals surface area contributed by atoms with Gasteiger partial charge in [-0.15, -0.1) is 24.0 Å². The van der Waals surface area contributed by atoms with Crippen molar-refractivity contribution < 1.29 is 4.39 Å². The Kier molecular flexibility index (Phi) is 4.73. The fraction of sp³-hybridized carbons (Fsp3) is 0.167. The zero-order valence-electron chi connectivity index (χ0n) is 5.35. The summed E-state index contributed by atoms with van der Waals surface area (Å²) in [6, 6.07) is 1.19. The molecular formula is C6H5Cl3FN. The van der Waals surface area contributed by atoms with Crippen LogP contribution in [0.5, 0.6) is 0 Å². The molecule has 5 heteroatoms. The van der Waals surface area contributed by atoms with Crippen molar-refractivity contribution >= 4 is 35.6 Å². The van der Waals surface area contributed by atoms with Crippen molar-refractivity contribution in [1.82, 2.24) is 4.98 Å². The van der Waals surface area contributed by atoms with Crippen LogP contribution in [0.3, 0.4) is 0 Å². The maximum Gasteiger partial charge on any atom is 0.142 e. The first-order valence-corrected chi connectivity index (χ1v) is 3.51. The van der Waals surface area contributed by atoms with Gasteiger partial charge >= 0.3 is 0 Å². The number of hydrogen-bond donors (Lipinski definition) is 0. The highest BCUT2D eigenvalue weighted by Crippen LogP contribution is 2.15. The van der Waals surface area contributed by atoms with Crippen LogP contribution in [0.4, 0.5) is 4.39 Å². The predicted octanol–water partition coefficient (Wildman–Crippen LogP) is 3.03. The van der Waals surface area contributed by atoms with E-state index in [0.717, 1.165) is 6.20 Å². The minimum absolute atomic E-state index is 0. The van der Waals surface area contributed by atoms with Gasteiger partial charge in [-0.25, -0.2) is 4.39 Å². The third-order valence-corrected chi connectivity index (χ3v) is 1.59. The molecule has 0 aliphatic heterocycles. The molecule has 0 saturated heterocycles. The number of halogens is 4. The standard InChI is InChI=1S/C6H4Cl2FN.ClH/c7-2-6-5(8)1-4(9)3-10-6;/h1,3H,2H2;1H. The molecule has 0 amide bonds. The third kappa shape index (κ3) is 2.81. The summed E-state index contributed by atoms with van der Waals surface area (Å²) in [4.78, 5) is 3.66. The van der Waals surface area contributed by atoms with Gasteiger partial charge in [-0.2, -0.15) is 0 Å². The van der Waals surface area contributed by atoms with Gasteiger partial charge in [-0.1, -0.05) is 11.6 Å². The smallest absolute Gasteiger partial charge is 0.142 e. The van der Waals surface area contributed by atoms with Crippen LogP contribution in [-0.4, -0.2) is 4.98 Å². The van der Waals surface area contributed by atoms with Crippen molar-refractivity contribution in [3.63, 3.8) is 0 Å². The van der Waals surface area contributed by atoms with Gasteiger partial charge in [0, 0.05) is 0 Å². The summed E-state index contributed by atoms with van der Waals surface area (Å²) in [5.41, 5.74) is 0.504. The van der Waals surface area contributed by atoms with Crippen molar-refractivity contribution in [3.05, 3.63) is 28.8 Å². The molecule has 0 unspecified atom stereocenters. The fourth-order valence-corrected chi connectivity index (χ4v) is 1.04. The Hall–Kier alpha value is -0.0500. The molecule has 0 aromatic carbocycles. The highest BCUT2D eigenvalue weighted by atomic mass is 35.5. The van der Waals surface area contributed by atoms with Crippen LogP contribution in [0, 0.1) is 5.82 Å². The Morgan fingerprint density at radius 3 is 2.64 bits per heavy atom. The molecule has 1 aromatic rings. The molecule has 1 rings (SSSR count). The topological polar surface area (TPSA) is 12.9 Å². The lowest BCUT2D eigenvalue weighted by Gasteiger charge is -1.96. The van der Waals surface area contributed by atoms with Gasteiger partial charge in [0.25, 0.3) is 0 Å². The normalized spacial score (nSPS) is 9.00. The van der Waals surface area contributed by atoms with Crippen LogP contribution in [0.2, 0.25) is 5.02 Å². The lowest BCUT2D eigenvalue weighted by Crippen LogP contribution is -1.87. The maximum absolute atomic E-state index is 12.3. The zero-order chi connectivity index (χ0) is 7.56. The van der Waals surface area contributed by atoms with E-state index in [1.54, 1.807) is 0 Å². The van der Waals surface area contributed by atoms with Crippen molar-refractivity contribution in [2.45, 2.75) is 5.88 Å². The van der Waals surface area contributed by atoms with Gasteiger partial charge < -0.3 is 0 Å². The van der Waals surface area contributed by atoms with E-state index in [4.69, 9.17) is 23.2 Å². The summed E-state index contributed by atoms with van der Waals surface area (Å²) in [6.45, 7) is 0. The molecule has 0 saturated carbocycles. The average molecular weight is 216 g/mol. The van der Waals surface area contributed by atoms with Crippen LogP contribution < -0.4 is 0 Å². The van der Waals surface area contributed by atoms with E-state index in [9.17, 15) is 4.39 Å². The molecule has 1 nitrogen and oxygen atoms in total. The number of aromatic nitrogens is 1. The van der Waals surface area contributed by atoms with E-state index in [2.05, 4.69) is 4.98 Å². The van der Waals surface area contributed by atoms with Gasteiger partial charge in [0.2, 0.25) is 0 Å². The number of nitrogens with zero attached hydrogens (tertiary/aromatic N) is 1. The van der Waals surface area contributed by atoms with E-state index in [1.165, 1.54) is 6.07 Å². The molecule has 62 valence electrons. The van der Waals surface area contributed by atoms with Crippen LogP contribution in [0.1, 0.15) is 5.69 Å². The number of pyridine rings is 1. The molecule has 0 atom stereocenters. The minimum atomic E-state index is -0.445. The predicted molar refractivity (Wildman–Crippen MR) is 46.0 cm³/mol. The molecule has 1 aromatic heterocycles. The molecule has 0 aliphatic carbocycles. The SMILES string of the molecule is Cl.Fc1cnc(CCl)c(Cl)c1. The van der Waals surface area contributed by atoms with Gasteiger partial charge in [-0.3, -0.25) is 4.98 Å². The summed E-state index contributed by atoms with van der Waals surface area (Å²) >= 11 is 11.0. The lowest BCUT2D eigenvalue weighted by atomic mass is 10.4. The monoisotopic (exact) mass is 215 g/mol. The van der Waals surface area contributed by atoms with Crippen LogP contribution in [0.25, 0.3) is 0 Å². The Labute approximate surface area is 79.9 Å². The second-order valence-corrected chi connectivity index (χ2v) is 2.39. The van der Waals surface area contributed by atoms with E-state index >= 15 is 0 Å². The zero-order valence-corrected chi connectivity index (χ0v) is 7.68. The minimum Gasteiger partial charge on any atom is -0.255 e. The van der Waals surface area contributed by atoms with E-state index in [-0.39, 0.29) is 23.3 Å². The molecular weight excluding hydrogens is 211 g/mol. The molecule has 1 heterocycles. The Balaban J connectivity index is 0.000001000. The van der Waals surface area contributed by atoms with Crippen molar-refractivity contribution in [2.75, 3.05) is 0 Å². The second-order valence-electron chi connectivity index (χ2n) is 1.72. The van der Waals surface area contributed by atoms with Gasteiger partial charge in [0.15, 0.2) is 0 Å². The van der Waals surface area contributed by atoms with E-state index < -0.39 is 5.82 Å². The number of rotatable bonds is 1. The van der Waals surface area contributed by atoms with Crippen molar-refractivity contribution in [3.8, 4) is 0 Å². The van der Waals surface area contributed by atoms with Gasteiger partial charge in [0.05, 0.1) is 22.8 Å². The van der Waals surface area contributed by atoms with Crippen LogP contribution in [-0.2, 0) is 5.88 Å². The first-order valence-electron chi connectivity index (χ1n) is 2.60. The number of alkyl halides is 1. The average Bonchev–Trinajstić information content (AvgIpc) is 1.88. The molecule has 0 spiro atoms. The van der Waals surface area contributed by atoms with E-state index in [1.807, 2.05) is 0 Å². The van der Waals surface area contributed by atoms with Crippen LogP contribution >= 0.6 is 35.6 Å². The largest absolute Gasteiger partial charge is 0.255 e. The van der Waals surface area contributed by atoms with Crippen molar-refractivity contribution in [1.29, 1.82) is 0 Å². The Morgan fingerprint density at radius 2 is 2.18 bits per heavy atom. The molecule has 0 bridgehead atoms. The summed E-state index contributed by atoms with van der Waals surface area (Å²) < 4.78 is 12.3. The fourth-order valence-electron chi connectivity index (χ4n) is 0.541. The van der Waals surface area contributed by atoms with Gasteiger partial charge in [0.1, 0.15) is 5.82 Å². The maximum atomic E-state index is 12.3. The summed E-state index contributed by atoms with van der Waals surface area (Å²) in [5.74, 6) is -0.238. The highest BCUT2D eigenvalue weighted by molar-refractivity contribution is 6.32. The first kappa shape index (κ1) is 11.0. The molecule has 0 aliphatic rings. The number of hydrogen-bond acceptors (Lipinski definition) is 1. The molecule has 0 fully saturated rings. The summed E-state index contributed by atoms with van der Waals surface area (Å²) in [6.07, 6.45) is 1.09. The second kappa shape index (κ2) is 4.75. The van der Waals surface area contributed by atoms with Crippen LogP contribution in [0.15, 0.2) is 12.3 Å². The quantitative estimate of drug-likeness (QED) is 0.658. The third-order valence-electron chi connectivity index (χ3n) is 1.01. The van der Waals surface area contributed by atoms with Crippen molar-refractivity contribution in [2.24, 2.45) is 0 Å². The molecule has 11 heavy (non-hydrogen) atoms.